The number of piperidine rings is 1. The van der Waals surface area contributed by atoms with E-state index in [2.05, 4.69) is 52.9 Å². The van der Waals surface area contributed by atoms with Gasteiger partial charge in [0, 0.05) is 45.0 Å². The lowest BCUT2D eigenvalue weighted by Crippen LogP contribution is -2.33. The first-order chi connectivity index (χ1) is 21.1. The van der Waals surface area contributed by atoms with Crippen LogP contribution >= 0.6 is 22.9 Å². The van der Waals surface area contributed by atoms with Gasteiger partial charge in [-0.1, -0.05) is 24.9 Å². The minimum absolute atomic E-state index is 0.544. The second-order valence-corrected chi connectivity index (χ2v) is 12.9. The first kappa shape index (κ1) is 29.4. The highest BCUT2D eigenvalue weighted by atomic mass is 35.5. The van der Waals surface area contributed by atoms with Crippen molar-refractivity contribution in [3.05, 3.63) is 99.5 Å². The molecule has 5 aromatic rings. The molecule has 5 nitrogen and oxygen atoms in total. The predicted octanol–water partition coefficient (Wildman–Crippen LogP) is 9.69. The fourth-order valence-corrected chi connectivity index (χ4v) is 7.46. The number of hydrogen-bond acceptors (Lipinski definition) is 5. The molecule has 1 fully saturated rings. The molecule has 7 heteroatoms. The average molecular weight is 609 g/mol. The van der Waals surface area contributed by atoms with Crippen molar-refractivity contribution in [3.63, 3.8) is 0 Å². The van der Waals surface area contributed by atoms with Crippen LogP contribution < -0.4 is 4.74 Å². The summed E-state index contributed by atoms with van der Waals surface area (Å²) in [7, 11) is 0. The highest BCUT2D eigenvalue weighted by Gasteiger charge is 2.25. The number of nitriles is 1. The van der Waals surface area contributed by atoms with E-state index in [9.17, 15) is 0 Å². The molecule has 0 N–H and O–H groups in total. The van der Waals surface area contributed by atoms with Crippen molar-refractivity contribution in [2.75, 3.05) is 19.6 Å². The Labute approximate surface area is 263 Å². The molecule has 1 saturated heterocycles. The number of likely N-dealkylation sites (tertiary alicyclic amines) is 1. The van der Waals surface area contributed by atoms with E-state index in [-0.39, 0.29) is 0 Å². The molecule has 0 radical (unpaired) electrons. The summed E-state index contributed by atoms with van der Waals surface area (Å²) < 4.78 is 8.32. The Hall–Kier alpha value is -3.63. The molecule has 3 heterocycles. The Morgan fingerprint density at radius 3 is 2.40 bits per heavy atom. The molecule has 0 saturated carbocycles. The SMILES string of the molecule is CCCc1sc(C2CCN(CCCCn3ccc4cc(C#N)ccc43)CC2)nc1-c1ccc(Oc2ccc(Cl)cc2)cc1. The summed E-state index contributed by atoms with van der Waals surface area (Å²) >= 11 is 7.92. The summed E-state index contributed by atoms with van der Waals surface area (Å²) in [5, 5.41) is 12.3. The number of benzene rings is 3. The van der Waals surface area contributed by atoms with E-state index in [1.807, 2.05) is 59.9 Å². The van der Waals surface area contributed by atoms with Crippen LogP contribution in [0.4, 0.5) is 0 Å². The highest BCUT2D eigenvalue weighted by Crippen LogP contribution is 2.37. The number of aryl methyl sites for hydroxylation is 2. The molecular formula is C36H37ClN4OS. The zero-order chi connectivity index (χ0) is 29.6. The van der Waals surface area contributed by atoms with E-state index in [1.165, 1.54) is 34.7 Å². The fourth-order valence-electron chi connectivity index (χ4n) is 5.97. The van der Waals surface area contributed by atoms with Gasteiger partial charge in [-0.3, -0.25) is 0 Å². The maximum absolute atomic E-state index is 9.15. The third kappa shape index (κ3) is 7.13. The van der Waals surface area contributed by atoms with E-state index in [0.29, 0.717) is 10.9 Å². The van der Waals surface area contributed by atoms with Gasteiger partial charge in [0.1, 0.15) is 11.5 Å². The molecule has 0 aliphatic carbocycles. The molecular weight excluding hydrogens is 572 g/mol. The Morgan fingerprint density at radius 2 is 1.67 bits per heavy atom. The van der Waals surface area contributed by atoms with E-state index in [1.54, 1.807) is 0 Å². The third-order valence-electron chi connectivity index (χ3n) is 8.33. The number of unbranched alkanes of at least 4 members (excludes halogenated alkanes) is 1. The molecule has 220 valence electrons. The van der Waals surface area contributed by atoms with Gasteiger partial charge >= 0.3 is 0 Å². The zero-order valence-corrected chi connectivity index (χ0v) is 26.2. The number of rotatable bonds is 11. The Morgan fingerprint density at radius 1 is 0.953 bits per heavy atom. The van der Waals surface area contributed by atoms with Crippen LogP contribution in [0, 0.1) is 11.3 Å². The molecule has 0 unspecified atom stereocenters. The van der Waals surface area contributed by atoms with E-state index < -0.39 is 0 Å². The van der Waals surface area contributed by atoms with Crippen molar-refractivity contribution in [3.8, 4) is 28.8 Å². The fraction of sp³-hybridized carbons (Fsp3) is 0.333. The molecule has 0 atom stereocenters. The highest BCUT2D eigenvalue weighted by molar-refractivity contribution is 7.12. The number of hydrogen-bond donors (Lipinski definition) is 0. The molecule has 1 aliphatic heterocycles. The van der Waals surface area contributed by atoms with Gasteiger partial charge in [0.15, 0.2) is 0 Å². The average Bonchev–Trinajstić information content (AvgIpc) is 3.65. The van der Waals surface area contributed by atoms with Gasteiger partial charge in [0.2, 0.25) is 0 Å². The smallest absolute Gasteiger partial charge is 0.127 e. The largest absolute Gasteiger partial charge is 0.457 e. The van der Waals surface area contributed by atoms with Gasteiger partial charge in [0.05, 0.1) is 22.3 Å². The topological polar surface area (TPSA) is 54.1 Å². The molecule has 43 heavy (non-hydrogen) atoms. The summed E-state index contributed by atoms with van der Waals surface area (Å²) in [4.78, 5) is 9.26. The lowest BCUT2D eigenvalue weighted by Gasteiger charge is -2.31. The quantitative estimate of drug-likeness (QED) is 0.140. The van der Waals surface area contributed by atoms with Crippen LogP contribution in [0.5, 0.6) is 11.5 Å². The van der Waals surface area contributed by atoms with Crippen molar-refractivity contribution in [2.24, 2.45) is 0 Å². The van der Waals surface area contributed by atoms with Crippen LogP contribution in [0.1, 0.15) is 60.4 Å². The van der Waals surface area contributed by atoms with Gasteiger partial charge in [-0.2, -0.15) is 5.26 Å². The van der Waals surface area contributed by atoms with E-state index in [4.69, 9.17) is 26.6 Å². The van der Waals surface area contributed by atoms with E-state index in [0.717, 1.165) is 79.1 Å². The predicted molar refractivity (Wildman–Crippen MR) is 177 cm³/mol. The molecule has 0 spiro atoms. The molecule has 2 aromatic heterocycles. The lowest BCUT2D eigenvalue weighted by molar-refractivity contribution is 0.208. The summed E-state index contributed by atoms with van der Waals surface area (Å²) in [6.07, 6.45) is 9.03. The maximum atomic E-state index is 9.15. The van der Waals surface area contributed by atoms with Crippen molar-refractivity contribution < 1.29 is 4.74 Å². The molecule has 3 aromatic carbocycles. The van der Waals surface area contributed by atoms with Gasteiger partial charge < -0.3 is 14.2 Å². The monoisotopic (exact) mass is 608 g/mol. The number of nitrogens with zero attached hydrogens (tertiary/aromatic N) is 4. The van der Waals surface area contributed by atoms with Crippen LogP contribution in [0.3, 0.4) is 0 Å². The number of ether oxygens (including phenoxy) is 1. The van der Waals surface area contributed by atoms with Crippen molar-refractivity contribution in [1.82, 2.24) is 14.5 Å². The van der Waals surface area contributed by atoms with Crippen molar-refractivity contribution >= 4 is 33.8 Å². The van der Waals surface area contributed by atoms with Crippen LogP contribution in [0.15, 0.2) is 79.0 Å². The maximum Gasteiger partial charge on any atom is 0.127 e. The number of fused-ring (bicyclic) bond motifs is 1. The second-order valence-electron chi connectivity index (χ2n) is 11.4. The minimum Gasteiger partial charge on any atom is -0.457 e. The summed E-state index contributed by atoms with van der Waals surface area (Å²) in [6, 6.07) is 26.1. The summed E-state index contributed by atoms with van der Waals surface area (Å²) in [5.74, 6) is 2.13. The van der Waals surface area contributed by atoms with Gasteiger partial charge in [0.25, 0.3) is 0 Å². The van der Waals surface area contributed by atoms with Crippen molar-refractivity contribution in [2.45, 2.75) is 57.9 Å². The first-order valence-electron chi connectivity index (χ1n) is 15.3. The van der Waals surface area contributed by atoms with Gasteiger partial charge in [-0.05, 0) is 125 Å². The number of aromatic nitrogens is 2. The number of halogens is 1. The van der Waals surface area contributed by atoms with Gasteiger partial charge in [-0.15, -0.1) is 11.3 Å². The van der Waals surface area contributed by atoms with Crippen LogP contribution in [0.2, 0.25) is 5.02 Å². The molecule has 1 aliphatic rings. The second kappa shape index (κ2) is 13.8. The minimum atomic E-state index is 0.544. The molecule has 0 bridgehead atoms. The number of thiazole rings is 1. The summed E-state index contributed by atoms with van der Waals surface area (Å²) in [5.41, 5.74) is 4.24. The van der Waals surface area contributed by atoms with Gasteiger partial charge in [-0.25, -0.2) is 4.98 Å². The Bertz CT molecular complexity index is 1690. The van der Waals surface area contributed by atoms with Crippen LogP contribution in [-0.2, 0) is 13.0 Å². The Kier molecular flexibility index (Phi) is 9.43. The standard InChI is InChI=1S/C36H37ClN4OS/c1-2-5-34-35(27-7-11-31(12-8-27)42-32-13-9-30(37)10-14-32)39-36(43-34)28-16-21-40(22-17-28)19-3-4-20-41-23-18-29-24-26(25-38)6-15-33(29)41/h6-15,18,23-24,28H,2-5,16-17,19-22H2,1H3. The van der Waals surface area contributed by atoms with Crippen molar-refractivity contribution in [1.29, 1.82) is 5.26 Å². The van der Waals surface area contributed by atoms with Crippen LogP contribution in [0.25, 0.3) is 22.2 Å². The van der Waals surface area contributed by atoms with Crippen LogP contribution in [-0.4, -0.2) is 34.1 Å². The lowest BCUT2D eigenvalue weighted by atomic mass is 9.97. The van der Waals surface area contributed by atoms with E-state index >= 15 is 0 Å². The zero-order valence-electron chi connectivity index (χ0n) is 24.6. The molecule has 0 amide bonds. The third-order valence-corrected chi connectivity index (χ3v) is 9.86. The normalized spacial score (nSPS) is 14.3. The first-order valence-corrected chi connectivity index (χ1v) is 16.5. The Balaban J connectivity index is 1.01. The molecule has 6 rings (SSSR count). The summed E-state index contributed by atoms with van der Waals surface area (Å²) in [6.45, 7) is 6.70.